The minimum atomic E-state index is -1.84. The maximum atomic E-state index is 14.2. The molecule has 318 valence electrons. The summed E-state index contributed by atoms with van der Waals surface area (Å²) in [6.45, 7) is 7.46. The maximum Gasteiger partial charge on any atom is 0.409 e. The van der Waals surface area contributed by atoms with Crippen LogP contribution in [-0.2, 0) is 49.2 Å². The van der Waals surface area contributed by atoms with E-state index in [9.17, 15) is 24.3 Å². The number of rotatable bonds is 12. The first-order valence-electron chi connectivity index (χ1n) is 18.8. The van der Waals surface area contributed by atoms with Gasteiger partial charge in [0.25, 0.3) is 0 Å². The zero-order valence-corrected chi connectivity index (χ0v) is 36.1. The second-order valence-electron chi connectivity index (χ2n) is 15.5. The normalized spacial score (nSPS) is 30.2. The molecule has 0 unspecified atom stereocenters. The van der Waals surface area contributed by atoms with Gasteiger partial charge in [0.05, 0.1) is 43.3 Å². The number of aliphatic hydroxyl groups is 1. The van der Waals surface area contributed by atoms with Gasteiger partial charge in [-0.1, -0.05) is 42.3 Å². The number of carbonyl (C=O) groups is 4. The van der Waals surface area contributed by atoms with E-state index in [1.165, 1.54) is 52.2 Å². The quantitative estimate of drug-likeness (QED) is 0.155. The first kappa shape index (κ1) is 46.3. The number of amides is 3. The van der Waals surface area contributed by atoms with Crippen LogP contribution in [0.25, 0.3) is 0 Å². The Morgan fingerprint density at radius 2 is 1.86 bits per heavy atom. The van der Waals surface area contributed by atoms with Crippen LogP contribution < -0.4 is 15.0 Å². The Morgan fingerprint density at radius 3 is 2.47 bits per heavy atom. The molecule has 3 amide bonds. The highest BCUT2D eigenvalue weighted by molar-refractivity contribution is 7.81. The predicted molar refractivity (Wildman–Crippen MR) is 216 cm³/mol. The van der Waals surface area contributed by atoms with Gasteiger partial charge >= 0.3 is 12.1 Å². The fourth-order valence-corrected chi connectivity index (χ4v) is 8.14. The standard InChI is InChI=1S/C40H58ClN3O12S/c1-23-12-11-13-30(53-10)40(49)20-29(54-37(48)42-40)24(2)35-38(4,56-35)31(19-33(46)44(6)27-17-26(16-23)18-28(52-9)34(27)41)55-36(47)25(3)43(5)32(45)14-15-39(57,21-50-7)22-51-8/h11-13,17-18,24-25,29-31,35,49,57H,14-16,19-22H2,1-10H3,(H,42,48)/b13-11+,23-12+/t24-,25+,29+,30-,31+,35+,38+,40+/m1/s1. The molecule has 57 heavy (non-hydrogen) atoms. The van der Waals surface area contributed by atoms with Crippen LogP contribution in [0, 0.1) is 5.92 Å². The van der Waals surface area contributed by atoms with Gasteiger partial charge < -0.3 is 48.1 Å². The van der Waals surface area contributed by atoms with Gasteiger partial charge in [0.1, 0.15) is 40.7 Å². The molecule has 2 saturated heterocycles. The molecule has 0 aromatic heterocycles. The highest BCUT2D eigenvalue weighted by Gasteiger charge is 2.64. The molecule has 0 saturated carbocycles. The van der Waals surface area contributed by atoms with Crippen LogP contribution in [-0.4, -0.2) is 136 Å². The van der Waals surface area contributed by atoms with Gasteiger partial charge in [0, 0.05) is 54.2 Å². The number of esters is 1. The Hall–Kier alpha value is -3.38. The van der Waals surface area contributed by atoms with Gasteiger partial charge in [0.15, 0.2) is 5.72 Å². The number of alkyl carbamates (subject to hydrolysis) is 1. The van der Waals surface area contributed by atoms with Gasteiger partial charge in [-0.05, 0) is 51.3 Å². The molecule has 3 aliphatic heterocycles. The van der Waals surface area contributed by atoms with Gasteiger partial charge in [-0.2, -0.15) is 12.6 Å². The largest absolute Gasteiger partial charge is 0.495 e. The topological polar surface area (TPSA) is 175 Å². The lowest BCUT2D eigenvalue weighted by Gasteiger charge is -2.42. The smallest absolute Gasteiger partial charge is 0.409 e. The van der Waals surface area contributed by atoms with Crippen molar-refractivity contribution in [3.8, 4) is 5.75 Å². The number of methoxy groups -OCH3 is 4. The van der Waals surface area contributed by atoms with E-state index in [-0.39, 0.29) is 43.4 Å². The van der Waals surface area contributed by atoms with E-state index in [4.69, 9.17) is 44.8 Å². The molecule has 0 spiro atoms. The molecule has 3 heterocycles. The zero-order chi connectivity index (χ0) is 42.5. The molecular formula is C40H58ClN3O12S. The number of thiol groups is 1. The molecule has 4 bridgehead atoms. The van der Waals surface area contributed by atoms with Crippen molar-refractivity contribution in [1.82, 2.24) is 10.2 Å². The van der Waals surface area contributed by atoms with Crippen molar-refractivity contribution in [2.24, 2.45) is 5.92 Å². The summed E-state index contributed by atoms with van der Waals surface area (Å²) in [5.74, 6) is -1.74. The number of hydrogen-bond acceptors (Lipinski definition) is 13. The van der Waals surface area contributed by atoms with Crippen LogP contribution in [0.2, 0.25) is 5.02 Å². The fraction of sp³-hybridized carbons (Fsp3) is 0.650. The number of halogens is 1. The third-order valence-corrected chi connectivity index (χ3v) is 12.0. The Morgan fingerprint density at radius 1 is 1.19 bits per heavy atom. The van der Waals surface area contributed by atoms with Crippen molar-refractivity contribution >= 4 is 53.8 Å². The number of carbonyl (C=O) groups excluding carboxylic acids is 4. The van der Waals surface area contributed by atoms with Crippen LogP contribution in [0.15, 0.2) is 35.9 Å². The summed E-state index contributed by atoms with van der Waals surface area (Å²) < 4.78 is 39.1. The number of fused-ring (bicyclic) bond motifs is 5. The molecule has 1 aromatic rings. The summed E-state index contributed by atoms with van der Waals surface area (Å²) >= 11 is 11.5. The average molecular weight is 840 g/mol. The molecule has 0 aliphatic carbocycles. The summed E-state index contributed by atoms with van der Waals surface area (Å²) in [6.07, 6.45) is 1.14. The molecule has 2 fully saturated rings. The van der Waals surface area contributed by atoms with Crippen molar-refractivity contribution in [1.29, 1.82) is 0 Å². The van der Waals surface area contributed by atoms with Gasteiger partial charge in [-0.15, -0.1) is 0 Å². The van der Waals surface area contributed by atoms with Crippen molar-refractivity contribution in [3.63, 3.8) is 0 Å². The number of anilines is 1. The van der Waals surface area contributed by atoms with E-state index in [1.54, 1.807) is 45.2 Å². The lowest BCUT2D eigenvalue weighted by Crippen LogP contribution is -2.63. The number of epoxide rings is 1. The lowest BCUT2D eigenvalue weighted by molar-refractivity contribution is -0.162. The SMILES string of the molecule is COCC(S)(CCC(=O)N(C)[C@@H](C)C(=O)O[C@H]1CC(=O)N(C)c2cc(cc(OC)c2Cl)C/C(C)=C/C=C/[C@@H](OC)[C@@]2(O)C[C@H](OC(=O)N2)[C@@H](C)[C@@H]2O[C@@]12C)COC. The second-order valence-corrected chi connectivity index (χ2v) is 16.8. The predicted octanol–water partition coefficient (Wildman–Crippen LogP) is 4.26. The number of nitrogens with zero attached hydrogens (tertiary/aromatic N) is 2. The summed E-state index contributed by atoms with van der Waals surface area (Å²) in [6, 6.07) is 2.52. The molecule has 8 atom stereocenters. The monoisotopic (exact) mass is 839 g/mol. The summed E-state index contributed by atoms with van der Waals surface area (Å²) in [4.78, 5) is 57.1. The first-order valence-corrected chi connectivity index (χ1v) is 19.6. The number of benzene rings is 1. The average Bonchev–Trinajstić information content (AvgIpc) is 3.86. The van der Waals surface area contributed by atoms with E-state index < -0.39 is 70.4 Å². The number of allylic oxidation sites excluding steroid dienone is 3. The molecule has 3 aliphatic rings. The van der Waals surface area contributed by atoms with Crippen LogP contribution in [0.3, 0.4) is 0 Å². The zero-order valence-electron chi connectivity index (χ0n) is 34.5. The van der Waals surface area contributed by atoms with E-state index in [2.05, 4.69) is 17.9 Å². The van der Waals surface area contributed by atoms with E-state index in [1.807, 2.05) is 13.0 Å². The van der Waals surface area contributed by atoms with Crippen LogP contribution in [0.1, 0.15) is 58.9 Å². The van der Waals surface area contributed by atoms with Crippen LogP contribution >= 0.6 is 24.2 Å². The van der Waals surface area contributed by atoms with Crippen molar-refractivity contribution < 1.29 is 57.4 Å². The molecular weight excluding hydrogens is 782 g/mol. The van der Waals surface area contributed by atoms with Gasteiger partial charge in [-0.25, -0.2) is 9.59 Å². The van der Waals surface area contributed by atoms with Crippen molar-refractivity contribution in [2.45, 2.75) is 106 Å². The molecule has 0 radical (unpaired) electrons. The van der Waals surface area contributed by atoms with E-state index in [0.717, 1.165) is 11.1 Å². The number of nitrogens with one attached hydrogen (secondary N) is 1. The Balaban J connectivity index is 1.70. The third-order valence-electron chi connectivity index (χ3n) is 11.2. The Bertz CT molecular complexity index is 1710. The maximum absolute atomic E-state index is 14.2. The Kier molecular flexibility index (Phi) is 15.5. The number of hydrogen-bond donors (Lipinski definition) is 3. The second kappa shape index (κ2) is 19.1. The van der Waals surface area contributed by atoms with Crippen LogP contribution in [0.5, 0.6) is 5.75 Å². The lowest BCUT2D eigenvalue weighted by atomic mass is 9.83. The number of likely N-dealkylation sites (N-methyl/N-ethyl adjacent to an activating group) is 1. The van der Waals surface area contributed by atoms with E-state index >= 15 is 0 Å². The fourth-order valence-electron chi connectivity index (χ4n) is 7.46. The summed E-state index contributed by atoms with van der Waals surface area (Å²) in [5.41, 5.74) is -0.998. The van der Waals surface area contributed by atoms with Gasteiger partial charge in [-0.3, -0.25) is 14.9 Å². The van der Waals surface area contributed by atoms with Gasteiger partial charge in [0.2, 0.25) is 11.8 Å². The third kappa shape index (κ3) is 10.8. The van der Waals surface area contributed by atoms with E-state index in [0.29, 0.717) is 24.3 Å². The molecule has 4 rings (SSSR count). The molecule has 1 aromatic carbocycles. The summed E-state index contributed by atoms with van der Waals surface area (Å²) in [7, 11) is 9.06. The van der Waals surface area contributed by atoms with Crippen molar-refractivity contribution in [3.05, 3.63) is 46.5 Å². The minimum absolute atomic E-state index is 0.0527. The molecule has 17 heteroatoms. The molecule has 15 nitrogen and oxygen atoms in total. The first-order chi connectivity index (χ1) is 26.8. The molecule has 2 N–H and O–H groups in total. The van der Waals surface area contributed by atoms with Crippen LogP contribution in [0.4, 0.5) is 10.5 Å². The minimum Gasteiger partial charge on any atom is -0.495 e. The highest BCUT2D eigenvalue weighted by Crippen LogP contribution is 2.49. The number of ether oxygens (including phenoxy) is 7. The van der Waals surface area contributed by atoms with Crippen molar-refractivity contribution in [2.75, 3.05) is 60.6 Å². The highest BCUT2D eigenvalue weighted by atomic mass is 35.5. The Labute approximate surface area is 345 Å². The summed E-state index contributed by atoms with van der Waals surface area (Å²) in [5, 5.41) is 14.5.